The Morgan fingerprint density at radius 3 is 2.17 bits per heavy atom. The number of rotatable bonds is 9. The lowest BCUT2D eigenvalue weighted by Gasteiger charge is -2.44. The number of nitrogens with zero attached hydrogens (tertiary/aromatic N) is 2. The summed E-state index contributed by atoms with van der Waals surface area (Å²) in [7, 11) is 4.44. The van der Waals surface area contributed by atoms with Crippen molar-refractivity contribution in [2.45, 2.75) is 25.8 Å². The molecule has 0 radical (unpaired) electrons. The first-order chi connectivity index (χ1) is 22.7. The second-order valence-electron chi connectivity index (χ2n) is 11.8. The summed E-state index contributed by atoms with van der Waals surface area (Å²) >= 11 is 0. The summed E-state index contributed by atoms with van der Waals surface area (Å²) in [6.07, 6.45) is 0.965. The van der Waals surface area contributed by atoms with Crippen LogP contribution < -0.4 is 35.3 Å². The Kier molecular flexibility index (Phi) is 8.71. The molecule has 47 heavy (non-hydrogen) atoms. The number of pyridine rings is 1. The van der Waals surface area contributed by atoms with E-state index in [9.17, 15) is 19.2 Å². The molecule has 2 amide bonds. The molecule has 1 aromatic heterocycles. The van der Waals surface area contributed by atoms with Crippen molar-refractivity contribution in [2.24, 2.45) is 5.92 Å². The fourth-order valence-corrected chi connectivity index (χ4v) is 6.57. The number of amides is 2. The first-order valence-electron chi connectivity index (χ1n) is 15.3. The number of anilines is 3. The summed E-state index contributed by atoms with van der Waals surface area (Å²) in [5, 5.41) is 5.89. The maximum Gasteiger partial charge on any atom is 0.255 e. The third-order valence-corrected chi connectivity index (χ3v) is 8.78. The van der Waals surface area contributed by atoms with Gasteiger partial charge >= 0.3 is 0 Å². The number of hydrogen-bond acceptors (Lipinski definition) is 8. The largest absolute Gasteiger partial charge is 0.493 e. The smallest absolute Gasteiger partial charge is 0.255 e. The van der Waals surface area contributed by atoms with E-state index in [2.05, 4.69) is 15.5 Å². The van der Waals surface area contributed by atoms with Crippen LogP contribution in [0.5, 0.6) is 17.2 Å². The molecule has 11 heteroatoms. The maximum absolute atomic E-state index is 13.8. The van der Waals surface area contributed by atoms with Crippen LogP contribution in [0.15, 0.2) is 77.6 Å². The van der Waals surface area contributed by atoms with Gasteiger partial charge in [0.15, 0.2) is 17.3 Å². The monoisotopic (exact) mass is 636 g/mol. The van der Waals surface area contributed by atoms with Gasteiger partial charge in [-0.15, -0.1) is 0 Å². The first-order valence-corrected chi connectivity index (χ1v) is 15.3. The molecule has 2 unspecified atom stereocenters. The number of methoxy groups -OCH3 is 3. The number of benzene rings is 3. The minimum absolute atomic E-state index is 0.00755. The highest BCUT2D eigenvalue weighted by molar-refractivity contribution is 6.10. The zero-order chi connectivity index (χ0) is 33.2. The van der Waals surface area contributed by atoms with Gasteiger partial charge in [0.1, 0.15) is 0 Å². The zero-order valence-corrected chi connectivity index (χ0v) is 26.7. The highest BCUT2D eigenvalue weighted by Gasteiger charge is 2.35. The Labute approximate surface area is 272 Å². The number of fused-ring (bicyclic) bond motifs is 4. The van der Waals surface area contributed by atoms with Gasteiger partial charge in [-0.25, -0.2) is 0 Å². The Hall–Kier alpha value is -5.58. The number of aromatic nitrogens is 1. The normalized spacial score (nSPS) is 16.5. The number of piperidine rings is 1. The number of carbonyl (C=O) groups excluding carboxylic acids is 3. The molecular weight excluding hydrogens is 600 g/mol. The number of nitrogens with one attached hydrogen (secondary N) is 2. The second-order valence-corrected chi connectivity index (χ2v) is 11.8. The summed E-state index contributed by atoms with van der Waals surface area (Å²) in [6.45, 7) is 3.40. The molecule has 0 aliphatic carbocycles. The van der Waals surface area contributed by atoms with E-state index in [1.54, 1.807) is 60.7 Å². The average molecular weight is 637 g/mol. The van der Waals surface area contributed by atoms with Crippen LogP contribution in [0.25, 0.3) is 0 Å². The fraction of sp³-hybridized carbons (Fsp3) is 0.278. The number of Topliss-reactive ketones (excluding diaryl/α,β-unsaturated/α-hetero) is 1. The highest BCUT2D eigenvalue weighted by atomic mass is 16.5. The molecule has 3 heterocycles. The predicted molar refractivity (Wildman–Crippen MR) is 179 cm³/mol. The minimum atomic E-state index is -0.439. The molecule has 0 spiro atoms. The molecule has 2 aliphatic heterocycles. The molecule has 2 N–H and O–H groups in total. The highest BCUT2D eigenvalue weighted by Crippen LogP contribution is 2.41. The third kappa shape index (κ3) is 6.29. The van der Waals surface area contributed by atoms with Crippen LogP contribution in [0.1, 0.15) is 56.0 Å². The predicted octanol–water partition coefficient (Wildman–Crippen LogP) is 5.21. The van der Waals surface area contributed by atoms with Crippen LogP contribution >= 0.6 is 0 Å². The summed E-state index contributed by atoms with van der Waals surface area (Å²) in [5.74, 6) is 0.436. The molecule has 2 bridgehead atoms. The lowest BCUT2D eigenvalue weighted by atomic mass is 9.83. The van der Waals surface area contributed by atoms with E-state index in [1.165, 1.54) is 28.3 Å². The topological polar surface area (TPSA) is 128 Å². The SMILES string of the molecule is COc1cc(C(=O)Nc2cc(C(=O)Nc3cccc(C(C)=O)c3)ccc2N2CC3CC(C2)c2cccc(=O)n2C3)cc(OC)c1OC. The Morgan fingerprint density at radius 1 is 0.745 bits per heavy atom. The van der Waals surface area contributed by atoms with Gasteiger partial charge in [0.2, 0.25) is 5.75 Å². The van der Waals surface area contributed by atoms with Crippen molar-refractivity contribution in [1.82, 2.24) is 4.57 Å². The number of carbonyl (C=O) groups is 3. The molecule has 2 aliphatic rings. The number of ketones is 1. The number of hydrogen-bond donors (Lipinski definition) is 2. The molecule has 6 rings (SSSR count). The van der Waals surface area contributed by atoms with Gasteiger partial charge in [-0.2, -0.15) is 0 Å². The van der Waals surface area contributed by atoms with E-state index in [4.69, 9.17) is 14.2 Å². The van der Waals surface area contributed by atoms with Gasteiger partial charge < -0.3 is 34.3 Å². The first kappa shape index (κ1) is 31.4. The zero-order valence-electron chi connectivity index (χ0n) is 26.7. The van der Waals surface area contributed by atoms with Gasteiger partial charge in [0.05, 0.1) is 32.7 Å². The standard InChI is InChI=1S/C36H36N4O7/c1-21(41)23-7-5-8-27(14-23)37-35(43)24-11-12-30(39-18-22-13-26(20-39)29-9-6-10-33(42)40(29)19-22)28(15-24)38-36(44)25-16-31(45-2)34(47-4)32(17-25)46-3/h5-12,14-17,22,26H,13,18-20H2,1-4H3,(H,37,43)(H,38,44). The molecule has 4 aromatic rings. The third-order valence-electron chi connectivity index (χ3n) is 8.78. The van der Waals surface area contributed by atoms with Gasteiger partial charge in [-0.05, 0) is 67.8 Å². The average Bonchev–Trinajstić information content (AvgIpc) is 3.08. The van der Waals surface area contributed by atoms with Crippen molar-refractivity contribution in [3.8, 4) is 17.2 Å². The van der Waals surface area contributed by atoms with Gasteiger partial charge in [0.25, 0.3) is 17.4 Å². The van der Waals surface area contributed by atoms with E-state index in [0.29, 0.717) is 59.4 Å². The minimum Gasteiger partial charge on any atom is -0.493 e. The molecule has 3 aromatic carbocycles. The summed E-state index contributed by atoms with van der Waals surface area (Å²) < 4.78 is 18.2. The maximum atomic E-state index is 13.8. The molecular formula is C36H36N4O7. The van der Waals surface area contributed by atoms with Crippen molar-refractivity contribution >= 4 is 34.7 Å². The summed E-state index contributed by atoms with van der Waals surface area (Å²) in [5.41, 5.74) is 3.75. The fourth-order valence-electron chi connectivity index (χ4n) is 6.57. The van der Waals surface area contributed by atoms with Crippen molar-refractivity contribution in [2.75, 3.05) is 50.0 Å². The van der Waals surface area contributed by atoms with Crippen molar-refractivity contribution in [1.29, 1.82) is 0 Å². The second kappa shape index (κ2) is 13.0. The van der Waals surface area contributed by atoms with Crippen LogP contribution in [0.4, 0.5) is 17.1 Å². The van der Waals surface area contributed by atoms with Crippen LogP contribution in [0.3, 0.4) is 0 Å². The van der Waals surface area contributed by atoms with E-state index in [1.807, 2.05) is 16.7 Å². The quantitative estimate of drug-likeness (QED) is 0.240. The number of ether oxygens (including phenoxy) is 3. The van der Waals surface area contributed by atoms with Crippen molar-refractivity contribution in [3.05, 3.63) is 106 Å². The van der Waals surface area contributed by atoms with E-state index < -0.39 is 11.8 Å². The van der Waals surface area contributed by atoms with E-state index >= 15 is 0 Å². The van der Waals surface area contributed by atoms with Gasteiger partial charge in [-0.1, -0.05) is 18.2 Å². The van der Waals surface area contributed by atoms with Crippen LogP contribution in [0.2, 0.25) is 0 Å². The molecule has 1 saturated heterocycles. The van der Waals surface area contributed by atoms with Crippen LogP contribution in [-0.4, -0.2) is 56.6 Å². The Balaban J connectivity index is 1.35. The molecule has 1 fully saturated rings. The molecule has 0 saturated carbocycles. The Bertz CT molecular complexity index is 1910. The van der Waals surface area contributed by atoms with Crippen molar-refractivity contribution in [3.63, 3.8) is 0 Å². The Morgan fingerprint density at radius 2 is 1.47 bits per heavy atom. The van der Waals surface area contributed by atoms with E-state index in [-0.39, 0.29) is 28.7 Å². The van der Waals surface area contributed by atoms with Gasteiger partial charge in [0, 0.05) is 59.7 Å². The van der Waals surface area contributed by atoms with Crippen molar-refractivity contribution < 1.29 is 28.6 Å². The lowest BCUT2D eigenvalue weighted by Crippen LogP contribution is -2.47. The summed E-state index contributed by atoms with van der Waals surface area (Å²) in [6, 6.07) is 20.5. The molecule has 2 atom stereocenters. The molecule has 242 valence electrons. The summed E-state index contributed by atoms with van der Waals surface area (Å²) in [4.78, 5) is 53.9. The van der Waals surface area contributed by atoms with Gasteiger partial charge in [-0.3, -0.25) is 19.2 Å². The lowest BCUT2D eigenvalue weighted by molar-refractivity contribution is 0.101. The van der Waals surface area contributed by atoms with E-state index in [0.717, 1.165) is 17.8 Å². The molecule has 11 nitrogen and oxygen atoms in total. The van der Waals surface area contributed by atoms with Crippen LogP contribution in [0, 0.1) is 5.92 Å². The van der Waals surface area contributed by atoms with Crippen LogP contribution in [-0.2, 0) is 6.54 Å².